The van der Waals surface area contributed by atoms with Gasteiger partial charge in [0.15, 0.2) is 0 Å². The molecule has 0 fully saturated rings. The summed E-state index contributed by atoms with van der Waals surface area (Å²) in [5, 5.41) is 3.28. The van der Waals surface area contributed by atoms with Crippen molar-refractivity contribution in [2.75, 3.05) is 12.4 Å². The van der Waals surface area contributed by atoms with Gasteiger partial charge in [-0.25, -0.2) is 0 Å². The summed E-state index contributed by atoms with van der Waals surface area (Å²) >= 11 is 3.43. The van der Waals surface area contributed by atoms with E-state index in [4.69, 9.17) is 4.74 Å². The minimum absolute atomic E-state index is 0.260. The first-order valence-electron chi connectivity index (χ1n) is 4.40. The van der Waals surface area contributed by atoms with Crippen LogP contribution in [0.1, 0.15) is 6.92 Å². The molecule has 0 radical (unpaired) electrons. The Bertz CT molecular complexity index is 325. The summed E-state index contributed by atoms with van der Waals surface area (Å²) < 4.78 is 6.08. The van der Waals surface area contributed by atoms with E-state index in [-0.39, 0.29) is 6.04 Å². The Labute approximate surface area is 93.1 Å². The van der Waals surface area contributed by atoms with Crippen LogP contribution in [0, 0.1) is 0 Å². The first-order chi connectivity index (χ1) is 6.67. The third kappa shape index (κ3) is 2.77. The van der Waals surface area contributed by atoms with Gasteiger partial charge in [0, 0.05) is 11.7 Å². The first kappa shape index (κ1) is 11.1. The van der Waals surface area contributed by atoms with Gasteiger partial charge in [0.1, 0.15) is 5.75 Å². The highest BCUT2D eigenvalue weighted by Crippen LogP contribution is 2.27. The molecule has 1 unspecified atom stereocenters. The minimum atomic E-state index is 0.260. The molecule has 1 aromatic carbocycles. The van der Waals surface area contributed by atoms with Crippen LogP contribution in [0.5, 0.6) is 5.75 Å². The van der Waals surface area contributed by atoms with Crippen molar-refractivity contribution in [1.29, 1.82) is 0 Å². The summed E-state index contributed by atoms with van der Waals surface area (Å²) in [6.45, 7) is 5.76. The normalized spacial score (nSPS) is 11.9. The number of hydrogen-bond donors (Lipinski definition) is 1. The molecule has 14 heavy (non-hydrogen) atoms. The average molecular weight is 256 g/mol. The van der Waals surface area contributed by atoms with Gasteiger partial charge in [-0.05, 0) is 41.1 Å². The summed E-state index contributed by atoms with van der Waals surface area (Å²) in [6, 6.07) is 6.14. The summed E-state index contributed by atoms with van der Waals surface area (Å²) in [5.74, 6) is 0.835. The molecule has 3 heteroatoms. The van der Waals surface area contributed by atoms with Crippen LogP contribution < -0.4 is 10.1 Å². The lowest BCUT2D eigenvalue weighted by molar-refractivity contribution is 0.412. The SMILES string of the molecule is C=CC(C)Nc1ccc(OC)c(Br)c1. The predicted octanol–water partition coefficient (Wildman–Crippen LogP) is 3.44. The van der Waals surface area contributed by atoms with Crippen LogP contribution in [0.25, 0.3) is 0 Å². The van der Waals surface area contributed by atoms with Gasteiger partial charge in [0.05, 0.1) is 11.6 Å². The molecule has 1 rings (SSSR count). The van der Waals surface area contributed by atoms with E-state index >= 15 is 0 Å². The Balaban J connectivity index is 2.80. The smallest absolute Gasteiger partial charge is 0.133 e. The minimum Gasteiger partial charge on any atom is -0.496 e. The van der Waals surface area contributed by atoms with Gasteiger partial charge < -0.3 is 10.1 Å². The Kier molecular flexibility index (Phi) is 4.01. The molecule has 0 aliphatic heterocycles. The van der Waals surface area contributed by atoms with E-state index in [1.54, 1.807) is 7.11 Å². The molecule has 0 spiro atoms. The monoisotopic (exact) mass is 255 g/mol. The Morgan fingerprint density at radius 1 is 1.57 bits per heavy atom. The molecule has 0 aromatic heterocycles. The third-order valence-corrected chi connectivity index (χ3v) is 2.52. The summed E-state index contributed by atoms with van der Waals surface area (Å²) in [6.07, 6.45) is 1.86. The second kappa shape index (κ2) is 5.05. The number of rotatable bonds is 4. The highest BCUT2D eigenvalue weighted by Gasteiger charge is 2.02. The lowest BCUT2D eigenvalue weighted by atomic mass is 10.2. The maximum absolute atomic E-state index is 5.14. The van der Waals surface area contributed by atoms with Crippen molar-refractivity contribution in [2.24, 2.45) is 0 Å². The molecular formula is C11H14BrNO. The molecule has 0 aliphatic carbocycles. The van der Waals surface area contributed by atoms with Crippen molar-refractivity contribution in [3.63, 3.8) is 0 Å². The number of hydrogen-bond acceptors (Lipinski definition) is 2. The molecule has 0 aliphatic rings. The van der Waals surface area contributed by atoms with Crippen molar-refractivity contribution >= 4 is 21.6 Å². The van der Waals surface area contributed by atoms with Crippen LogP contribution in [0.15, 0.2) is 35.3 Å². The molecule has 1 N–H and O–H groups in total. The van der Waals surface area contributed by atoms with E-state index < -0.39 is 0 Å². The van der Waals surface area contributed by atoms with Crippen LogP contribution in [0.2, 0.25) is 0 Å². The molecule has 0 saturated carbocycles. The summed E-state index contributed by atoms with van der Waals surface area (Å²) in [5.41, 5.74) is 1.05. The topological polar surface area (TPSA) is 21.3 Å². The van der Waals surface area contributed by atoms with E-state index in [2.05, 4.69) is 27.8 Å². The summed E-state index contributed by atoms with van der Waals surface area (Å²) in [7, 11) is 1.65. The highest BCUT2D eigenvalue weighted by atomic mass is 79.9. The molecule has 1 atom stereocenters. The van der Waals surface area contributed by atoms with Crippen LogP contribution in [0.4, 0.5) is 5.69 Å². The molecule has 2 nitrogen and oxygen atoms in total. The summed E-state index contributed by atoms with van der Waals surface area (Å²) in [4.78, 5) is 0. The maximum atomic E-state index is 5.14. The molecule has 0 heterocycles. The van der Waals surface area contributed by atoms with Crippen LogP contribution in [0.3, 0.4) is 0 Å². The van der Waals surface area contributed by atoms with E-state index in [0.717, 1.165) is 15.9 Å². The van der Waals surface area contributed by atoms with Crippen LogP contribution >= 0.6 is 15.9 Å². The molecular weight excluding hydrogens is 242 g/mol. The van der Waals surface area contributed by atoms with Crippen molar-refractivity contribution < 1.29 is 4.74 Å². The third-order valence-electron chi connectivity index (χ3n) is 1.90. The zero-order valence-electron chi connectivity index (χ0n) is 8.38. The number of halogens is 1. The fourth-order valence-electron chi connectivity index (χ4n) is 1.08. The van der Waals surface area contributed by atoms with E-state index in [9.17, 15) is 0 Å². The highest BCUT2D eigenvalue weighted by molar-refractivity contribution is 9.10. The van der Waals surface area contributed by atoms with Gasteiger partial charge in [0.2, 0.25) is 0 Å². The molecule has 0 amide bonds. The zero-order valence-corrected chi connectivity index (χ0v) is 9.97. The van der Waals surface area contributed by atoms with Gasteiger partial charge in [0.25, 0.3) is 0 Å². The Morgan fingerprint density at radius 2 is 2.29 bits per heavy atom. The first-order valence-corrected chi connectivity index (χ1v) is 5.19. The largest absolute Gasteiger partial charge is 0.496 e. The van der Waals surface area contributed by atoms with Crippen molar-refractivity contribution in [3.05, 3.63) is 35.3 Å². The van der Waals surface area contributed by atoms with E-state index in [0.29, 0.717) is 0 Å². The van der Waals surface area contributed by atoms with Crippen molar-refractivity contribution in [3.8, 4) is 5.75 Å². The zero-order chi connectivity index (χ0) is 10.6. The van der Waals surface area contributed by atoms with E-state index in [1.807, 2.05) is 31.2 Å². The number of ether oxygens (including phenoxy) is 1. The fraction of sp³-hybridized carbons (Fsp3) is 0.273. The second-order valence-electron chi connectivity index (χ2n) is 3.02. The lowest BCUT2D eigenvalue weighted by Crippen LogP contribution is -2.10. The standard InChI is InChI=1S/C11H14BrNO/c1-4-8(2)13-9-5-6-11(14-3)10(12)7-9/h4-8,13H,1H2,2-3H3. The molecule has 76 valence electrons. The Morgan fingerprint density at radius 3 is 2.79 bits per heavy atom. The second-order valence-corrected chi connectivity index (χ2v) is 3.87. The molecule has 0 saturated heterocycles. The van der Waals surface area contributed by atoms with Crippen LogP contribution in [-0.2, 0) is 0 Å². The van der Waals surface area contributed by atoms with Gasteiger partial charge in [-0.2, -0.15) is 0 Å². The fourth-order valence-corrected chi connectivity index (χ4v) is 1.62. The van der Waals surface area contributed by atoms with Crippen molar-refractivity contribution in [1.82, 2.24) is 0 Å². The van der Waals surface area contributed by atoms with Crippen molar-refractivity contribution in [2.45, 2.75) is 13.0 Å². The number of methoxy groups -OCH3 is 1. The number of anilines is 1. The quantitative estimate of drug-likeness (QED) is 0.833. The number of nitrogens with one attached hydrogen (secondary N) is 1. The van der Waals surface area contributed by atoms with E-state index in [1.165, 1.54) is 0 Å². The molecule has 1 aromatic rings. The van der Waals surface area contributed by atoms with Gasteiger partial charge in [-0.15, -0.1) is 6.58 Å². The Hall–Kier alpha value is -0.960. The predicted molar refractivity (Wildman–Crippen MR) is 64.0 cm³/mol. The average Bonchev–Trinajstić information content (AvgIpc) is 2.18. The lowest BCUT2D eigenvalue weighted by Gasteiger charge is -2.12. The number of benzene rings is 1. The van der Waals surface area contributed by atoms with Gasteiger partial charge in [-0.3, -0.25) is 0 Å². The van der Waals surface area contributed by atoms with Gasteiger partial charge >= 0.3 is 0 Å². The van der Waals surface area contributed by atoms with Crippen LogP contribution in [-0.4, -0.2) is 13.2 Å². The van der Waals surface area contributed by atoms with Gasteiger partial charge in [-0.1, -0.05) is 6.08 Å². The molecule has 0 bridgehead atoms. The maximum Gasteiger partial charge on any atom is 0.133 e.